The quantitative estimate of drug-likeness (QED) is 0.380. The normalized spacial score (nSPS) is 32.8. The fourth-order valence-electron chi connectivity index (χ4n) is 7.02. The van der Waals surface area contributed by atoms with Gasteiger partial charge in [0.2, 0.25) is 11.8 Å². The van der Waals surface area contributed by atoms with Gasteiger partial charge in [-0.1, -0.05) is 6.07 Å². The zero-order valence-corrected chi connectivity index (χ0v) is 18.6. The Labute approximate surface area is 189 Å². The van der Waals surface area contributed by atoms with Gasteiger partial charge in [0.15, 0.2) is 0 Å². The summed E-state index contributed by atoms with van der Waals surface area (Å²) in [6.07, 6.45) is 11.0. The summed E-state index contributed by atoms with van der Waals surface area (Å²) in [6.45, 7) is 1.33. The Balaban J connectivity index is 1.14. The van der Waals surface area contributed by atoms with Crippen LogP contribution < -0.4 is 16.4 Å². The SMILES string of the molecule is N=C(N)c1ccc(CNC(=O)[C@@H]2CCCN2C(=O)CNC23CC4CC(CC(C4)C2)C3)cn1. The van der Waals surface area contributed by atoms with E-state index in [0.29, 0.717) is 31.7 Å². The van der Waals surface area contributed by atoms with Crippen molar-refractivity contribution in [1.82, 2.24) is 20.5 Å². The monoisotopic (exact) mass is 438 g/mol. The van der Waals surface area contributed by atoms with Gasteiger partial charge in [-0.05, 0) is 80.8 Å². The molecular weight excluding hydrogens is 404 g/mol. The van der Waals surface area contributed by atoms with Gasteiger partial charge < -0.3 is 21.3 Å². The minimum atomic E-state index is -0.398. The largest absolute Gasteiger partial charge is 0.382 e. The molecule has 6 rings (SSSR count). The van der Waals surface area contributed by atoms with E-state index in [-0.39, 0.29) is 23.2 Å². The highest BCUT2D eigenvalue weighted by Gasteiger charge is 2.51. The fourth-order valence-corrected chi connectivity index (χ4v) is 7.02. The Hall–Kier alpha value is -2.48. The molecule has 1 aromatic rings. The summed E-state index contributed by atoms with van der Waals surface area (Å²) in [4.78, 5) is 31.8. The van der Waals surface area contributed by atoms with E-state index in [1.54, 1.807) is 23.2 Å². The van der Waals surface area contributed by atoms with Crippen LogP contribution in [-0.4, -0.2) is 52.2 Å². The maximum Gasteiger partial charge on any atom is 0.243 e. The number of hydrogen-bond donors (Lipinski definition) is 4. The van der Waals surface area contributed by atoms with Crippen molar-refractivity contribution in [3.05, 3.63) is 29.6 Å². The molecule has 0 spiro atoms. The lowest BCUT2D eigenvalue weighted by atomic mass is 9.53. The first-order valence-electron chi connectivity index (χ1n) is 12.0. The smallest absolute Gasteiger partial charge is 0.243 e. The Bertz CT molecular complexity index is 863. The minimum Gasteiger partial charge on any atom is -0.382 e. The van der Waals surface area contributed by atoms with Crippen molar-refractivity contribution in [2.45, 2.75) is 69.5 Å². The first-order valence-corrected chi connectivity index (χ1v) is 12.0. The number of nitrogen functional groups attached to an aromatic ring is 1. The number of hydrogen-bond acceptors (Lipinski definition) is 5. The maximum atomic E-state index is 13.1. The van der Waals surface area contributed by atoms with Crippen molar-refractivity contribution in [2.75, 3.05) is 13.1 Å². The van der Waals surface area contributed by atoms with Gasteiger partial charge in [0.1, 0.15) is 17.6 Å². The highest BCUT2D eigenvalue weighted by molar-refractivity contribution is 5.93. The molecule has 5 aliphatic rings. The molecule has 4 saturated carbocycles. The van der Waals surface area contributed by atoms with Gasteiger partial charge in [-0.2, -0.15) is 0 Å². The molecule has 1 saturated heterocycles. The van der Waals surface area contributed by atoms with E-state index in [4.69, 9.17) is 11.1 Å². The molecular formula is C24H34N6O2. The van der Waals surface area contributed by atoms with Crippen LogP contribution in [0, 0.1) is 23.2 Å². The number of carbonyl (C=O) groups is 2. The molecule has 4 aliphatic carbocycles. The van der Waals surface area contributed by atoms with Gasteiger partial charge >= 0.3 is 0 Å². The summed E-state index contributed by atoms with van der Waals surface area (Å²) in [6, 6.07) is 3.08. The van der Waals surface area contributed by atoms with Crippen LogP contribution in [0.4, 0.5) is 0 Å². The lowest BCUT2D eigenvalue weighted by molar-refractivity contribution is -0.138. The van der Waals surface area contributed by atoms with E-state index in [1.165, 1.54) is 38.5 Å². The Morgan fingerprint density at radius 2 is 1.84 bits per heavy atom. The van der Waals surface area contributed by atoms with Crippen molar-refractivity contribution < 1.29 is 9.59 Å². The molecule has 172 valence electrons. The van der Waals surface area contributed by atoms with Crippen molar-refractivity contribution >= 4 is 17.6 Å². The highest BCUT2D eigenvalue weighted by atomic mass is 16.2. The molecule has 1 atom stereocenters. The van der Waals surface area contributed by atoms with E-state index in [1.807, 2.05) is 0 Å². The standard InChI is InChI=1S/C24H34N6O2/c25-22(26)19-4-3-15(12-27-19)13-28-23(32)20-2-1-5-30(20)21(31)14-29-24-9-16-6-17(10-24)8-18(7-16)11-24/h3-4,12,16-18,20,29H,1-2,5-11,13-14H2,(H3,25,26)(H,28,32)/t16?,17?,18?,20-,24?/m0/s1. The first kappa shape index (κ1) is 21.4. The fraction of sp³-hybridized carbons (Fsp3) is 0.667. The van der Waals surface area contributed by atoms with Gasteiger partial charge in [0.05, 0.1) is 6.54 Å². The van der Waals surface area contributed by atoms with Gasteiger partial charge in [-0.3, -0.25) is 20.0 Å². The number of carbonyl (C=O) groups excluding carboxylic acids is 2. The van der Waals surface area contributed by atoms with Crippen LogP contribution in [0.15, 0.2) is 18.3 Å². The van der Waals surface area contributed by atoms with Crippen molar-refractivity contribution in [3.63, 3.8) is 0 Å². The molecule has 0 aromatic carbocycles. The average Bonchev–Trinajstić information content (AvgIpc) is 3.25. The molecule has 0 radical (unpaired) electrons. The van der Waals surface area contributed by atoms with Gasteiger partial charge in [-0.15, -0.1) is 0 Å². The maximum absolute atomic E-state index is 13.1. The zero-order valence-electron chi connectivity index (χ0n) is 18.6. The summed E-state index contributed by atoms with van der Waals surface area (Å²) in [5.41, 5.74) is 6.83. The number of rotatable bonds is 7. The third kappa shape index (κ3) is 4.25. The number of aromatic nitrogens is 1. The molecule has 32 heavy (non-hydrogen) atoms. The van der Waals surface area contributed by atoms with Crippen molar-refractivity contribution in [2.24, 2.45) is 23.5 Å². The van der Waals surface area contributed by atoms with E-state index >= 15 is 0 Å². The number of nitrogens with two attached hydrogens (primary N) is 1. The molecule has 1 aromatic heterocycles. The average molecular weight is 439 g/mol. The lowest BCUT2D eigenvalue weighted by Crippen LogP contribution is -2.60. The minimum absolute atomic E-state index is 0.0471. The highest BCUT2D eigenvalue weighted by Crippen LogP contribution is 2.55. The van der Waals surface area contributed by atoms with Crippen LogP contribution in [0.1, 0.15) is 62.6 Å². The summed E-state index contributed by atoms with van der Waals surface area (Å²) < 4.78 is 0. The van der Waals surface area contributed by atoms with Crippen molar-refractivity contribution in [1.29, 1.82) is 5.41 Å². The Morgan fingerprint density at radius 3 is 2.44 bits per heavy atom. The number of nitrogens with zero attached hydrogens (tertiary/aromatic N) is 2. The number of amides is 2. The number of nitrogens with one attached hydrogen (secondary N) is 3. The summed E-state index contributed by atoms with van der Waals surface area (Å²) in [7, 11) is 0. The molecule has 5 N–H and O–H groups in total. The molecule has 5 fully saturated rings. The van der Waals surface area contributed by atoms with E-state index in [9.17, 15) is 9.59 Å². The topological polar surface area (TPSA) is 124 Å². The molecule has 4 bridgehead atoms. The Morgan fingerprint density at radius 1 is 1.16 bits per heavy atom. The Kier molecular flexibility index (Phi) is 5.65. The van der Waals surface area contributed by atoms with Crippen LogP contribution in [-0.2, 0) is 16.1 Å². The van der Waals surface area contributed by atoms with Gasteiger partial charge in [-0.25, -0.2) is 0 Å². The predicted molar refractivity (Wildman–Crippen MR) is 121 cm³/mol. The van der Waals surface area contributed by atoms with Crippen LogP contribution in [0.25, 0.3) is 0 Å². The van der Waals surface area contributed by atoms with Crippen LogP contribution in [0.3, 0.4) is 0 Å². The molecule has 8 heteroatoms. The second-order valence-corrected chi connectivity index (χ2v) is 10.5. The first-order chi connectivity index (χ1) is 15.4. The third-order valence-corrected chi connectivity index (χ3v) is 8.10. The third-order valence-electron chi connectivity index (χ3n) is 8.10. The van der Waals surface area contributed by atoms with Crippen LogP contribution in [0.5, 0.6) is 0 Å². The second kappa shape index (κ2) is 8.46. The number of amidine groups is 1. The van der Waals surface area contributed by atoms with E-state index in [0.717, 1.165) is 29.7 Å². The number of likely N-dealkylation sites (tertiary alicyclic amines) is 1. The summed E-state index contributed by atoms with van der Waals surface area (Å²) in [5.74, 6) is 2.38. The molecule has 1 aliphatic heterocycles. The molecule has 2 amide bonds. The predicted octanol–water partition coefficient (Wildman–Crippen LogP) is 1.53. The zero-order chi connectivity index (χ0) is 22.3. The van der Waals surface area contributed by atoms with E-state index in [2.05, 4.69) is 15.6 Å². The van der Waals surface area contributed by atoms with Crippen LogP contribution >= 0.6 is 0 Å². The second-order valence-electron chi connectivity index (χ2n) is 10.5. The van der Waals surface area contributed by atoms with Gasteiger partial charge in [0.25, 0.3) is 0 Å². The summed E-state index contributed by atoms with van der Waals surface area (Å²) in [5, 5.41) is 14.0. The molecule has 2 heterocycles. The van der Waals surface area contributed by atoms with Crippen molar-refractivity contribution in [3.8, 4) is 0 Å². The van der Waals surface area contributed by atoms with Crippen LogP contribution in [0.2, 0.25) is 0 Å². The summed E-state index contributed by atoms with van der Waals surface area (Å²) >= 11 is 0. The lowest BCUT2D eigenvalue weighted by Gasteiger charge is -2.57. The van der Waals surface area contributed by atoms with Gasteiger partial charge in [0, 0.05) is 24.8 Å². The molecule has 0 unspecified atom stereocenters. The number of pyridine rings is 1. The molecule has 8 nitrogen and oxygen atoms in total. The van der Waals surface area contributed by atoms with E-state index < -0.39 is 6.04 Å².